The Kier molecular flexibility index (Phi) is 3.57. The van der Waals surface area contributed by atoms with Gasteiger partial charge in [0, 0.05) is 0 Å². The Hall–Kier alpha value is -2.36. The van der Waals surface area contributed by atoms with Crippen LogP contribution in [0.4, 0.5) is 4.39 Å². The van der Waals surface area contributed by atoms with E-state index in [1.54, 1.807) is 12.1 Å². The average molecular weight is 246 g/mol. The fourth-order valence-corrected chi connectivity index (χ4v) is 1.46. The molecule has 0 saturated carbocycles. The number of aromatic hydroxyl groups is 1. The largest absolute Gasteiger partial charge is 0.508 e. The minimum Gasteiger partial charge on any atom is -0.508 e. The molecule has 0 heterocycles. The maximum Gasteiger partial charge on any atom is 0.338 e. The molecule has 0 aliphatic rings. The van der Waals surface area contributed by atoms with E-state index < -0.39 is 5.97 Å². The SMILES string of the molecule is O=C(OCc1cccc(F)c1)c1ccc(O)cc1. The van der Waals surface area contributed by atoms with Gasteiger partial charge in [-0.3, -0.25) is 0 Å². The summed E-state index contributed by atoms with van der Waals surface area (Å²) < 4.78 is 17.9. The number of rotatable bonds is 3. The minimum atomic E-state index is -0.515. The average Bonchev–Trinajstić information content (AvgIpc) is 2.37. The van der Waals surface area contributed by atoms with Crippen molar-refractivity contribution in [2.75, 3.05) is 0 Å². The molecule has 92 valence electrons. The third-order valence-corrected chi connectivity index (χ3v) is 2.36. The second-order valence-electron chi connectivity index (χ2n) is 3.75. The molecule has 0 radical (unpaired) electrons. The Morgan fingerprint density at radius 1 is 1.17 bits per heavy atom. The molecule has 0 spiro atoms. The lowest BCUT2D eigenvalue weighted by molar-refractivity contribution is 0.0472. The summed E-state index contributed by atoms with van der Waals surface area (Å²) in [6, 6.07) is 11.6. The van der Waals surface area contributed by atoms with Crippen molar-refractivity contribution in [2.45, 2.75) is 6.61 Å². The van der Waals surface area contributed by atoms with Crippen LogP contribution < -0.4 is 0 Å². The summed E-state index contributed by atoms with van der Waals surface area (Å²) in [5, 5.41) is 9.08. The lowest BCUT2D eigenvalue weighted by atomic mass is 10.2. The number of hydrogen-bond acceptors (Lipinski definition) is 3. The zero-order valence-corrected chi connectivity index (χ0v) is 9.47. The van der Waals surface area contributed by atoms with Gasteiger partial charge in [0.25, 0.3) is 0 Å². The Morgan fingerprint density at radius 2 is 1.89 bits per heavy atom. The van der Waals surface area contributed by atoms with Gasteiger partial charge in [-0.2, -0.15) is 0 Å². The van der Waals surface area contributed by atoms with Crippen LogP contribution in [0, 0.1) is 5.82 Å². The Bertz CT molecular complexity index is 549. The van der Waals surface area contributed by atoms with Crippen molar-refractivity contribution in [3.05, 3.63) is 65.5 Å². The van der Waals surface area contributed by atoms with E-state index in [-0.39, 0.29) is 18.2 Å². The van der Waals surface area contributed by atoms with Crippen LogP contribution in [0.1, 0.15) is 15.9 Å². The molecule has 0 aromatic heterocycles. The van der Waals surface area contributed by atoms with Crippen LogP contribution in [0.2, 0.25) is 0 Å². The van der Waals surface area contributed by atoms with Gasteiger partial charge in [0.05, 0.1) is 5.56 Å². The van der Waals surface area contributed by atoms with Crippen LogP contribution in [0.25, 0.3) is 0 Å². The number of phenolic OH excluding ortho intramolecular Hbond substituents is 1. The summed E-state index contributed by atoms with van der Waals surface area (Å²) in [4.78, 5) is 11.6. The number of phenols is 1. The summed E-state index contributed by atoms with van der Waals surface area (Å²) in [7, 11) is 0. The van der Waals surface area contributed by atoms with Gasteiger partial charge >= 0.3 is 5.97 Å². The summed E-state index contributed by atoms with van der Waals surface area (Å²) in [5.41, 5.74) is 0.923. The third-order valence-electron chi connectivity index (χ3n) is 2.36. The maximum absolute atomic E-state index is 12.9. The first-order chi connectivity index (χ1) is 8.65. The Labute approximate surface area is 103 Å². The highest BCUT2D eigenvalue weighted by Crippen LogP contribution is 2.12. The van der Waals surface area contributed by atoms with Gasteiger partial charge in [-0.1, -0.05) is 12.1 Å². The molecular weight excluding hydrogens is 235 g/mol. The Balaban J connectivity index is 1.98. The van der Waals surface area contributed by atoms with E-state index in [2.05, 4.69) is 0 Å². The first kappa shape index (κ1) is 12.1. The molecule has 0 aliphatic heterocycles. The molecule has 0 amide bonds. The molecule has 1 N–H and O–H groups in total. The number of ether oxygens (including phenoxy) is 1. The lowest BCUT2D eigenvalue weighted by Crippen LogP contribution is -2.05. The van der Waals surface area contributed by atoms with E-state index >= 15 is 0 Å². The zero-order chi connectivity index (χ0) is 13.0. The van der Waals surface area contributed by atoms with Crippen LogP contribution in [0.3, 0.4) is 0 Å². The quantitative estimate of drug-likeness (QED) is 0.847. The highest BCUT2D eigenvalue weighted by Gasteiger charge is 2.07. The van der Waals surface area contributed by atoms with E-state index in [1.807, 2.05) is 0 Å². The van der Waals surface area contributed by atoms with Crippen molar-refractivity contribution in [1.29, 1.82) is 0 Å². The first-order valence-corrected chi connectivity index (χ1v) is 5.36. The van der Waals surface area contributed by atoms with E-state index in [4.69, 9.17) is 9.84 Å². The Morgan fingerprint density at radius 3 is 2.56 bits per heavy atom. The number of carbonyl (C=O) groups is 1. The van der Waals surface area contributed by atoms with Crippen LogP contribution in [-0.2, 0) is 11.3 Å². The van der Waals surface area contributed by atoms with Crippen molar-refractivity contribution in [2.24, 2.45) is 0 Å². The van der Waals surface area contributed by atoms with Crippen molar-refractivity contribution >= 4 is 5.97 Å². The van der Waals surface area contributed by atoms with Gasteiger partial charge in [-0.15, -0.1) is 0 Å². The molecule has 18 heavy (non-hydrogen) atoms. The molecule has 0 aliphatic carbocycles. The van der Waals surface area contributed by atoms with Crippen LogP contribution in [-0.4, -0.2) is 11.1 Å². The second kappa shape index (κ2) is 5.31. The molecule has 3 nitrogen and oxygen atoms in total. The van der Waals surface area contributed by atoms with Gasteiger partial charge in [0.15, 0.2) is 0 Å². The van der Waals surface area contributed by atoms with Gasteiger partial charge in [-0.05, 0) is 42.0 Å². The molecular formula is C14H11FO3. The highest BCUT2D eigenvalue weighted by molar-refractivity contribution is 5.89. The predicted octanol–water partition coefficient (Wildman–Crippen LogP) is 2.89. The van der Waals surface area contributed by atoms with Gasteiger partial charge in [-0.25, -0.2) is 9.18 Å². The molecule has 2 aromatic rings. The maximum atomic E-state index is 12.9. The smallest absolute Gasteiger partial charge is 0.338 e. The van der Waals surface area contributed by atoms with Gasteiger partial charge in [0.1, 0.15) is 18.2 Å². The number of carbonyl (C=O) groups excluding carboxylic acids is 1. The van der Waals surface area contributed by atoms with Gasteiger partial charge < -0.3 is 9.84 Å². The van der Waals surface area contributed by atoms with Crippen molar-refractivity contribution in [1.82, 2.24) is 0 Å². The summed E-state index contributed by atoms with van der Waals surface area (Å²) in [6.45, 7) is 0.0114. The predicted molar refractivity (Wildman–Crippen MR) is 63.6 cm³/mol. The minimum absolute atomic E-state index is 0.0114. The fourth-order valence-electron chi connectivity index (χ4n) is 1.46. The van der Waals surface area contributed by atoms with Crippen molar-refractivity contribution < 1.29 is 19.0 Å². The summed E-state index contributed by atoms with van der Waals surface area (Å²) >= 11 is 0. The number of hydrogen-bond donors (Lipinski definition) is 1. The van der Waals surface area contributed by atoms with E-state index in [9.17, 15) is 9.18 Å². The van der Waals surface area contributed by atoms with Crippen LogP contribution in [0.15, 0.2) is 48.5 Å². The van der Waals surface area contributed by atoms with Crippen molar-refractivity contribution in [3.63, 3.8) is 0 Å². The molecule has 0 fully saturated rings. The number of esters is 1. The normalized spacial score (nSPS) is 10.1. The third kappa shape index (κ3) is 3.07. The molecule has 4 heteroatoms. The summed E-state index contributed by atoms with van der Waals surface area (Å²) in [5.74, 6) is -0.802. The molecule has 2 aromatic carbocycles. The van der Waals surface area contributed by atoms with Gasteiger partial charge in [0.2, 0.25) is 0 Å². The van der Waals surface area contributed by atoms with E-state index in [1.165, 1.54) is 36.4 Å². The van der Waals surface area contributed by atoms with Crippen molar-refractivity contribution in [3.8, 4) is 5.75 Å². The molecule has 0 atom stereocenters. The van der Waals surface area contributed by atoms with E-state index in [0.717, 1.165) is 0 Å². The van der Waals surface area contributed by atoms with Crippen LogP contribution in [0.5, 0.6) is 5.75 Å². The fraction of sp³-hybridized carbons (Fsp3) is 0.0714. The second-order valence-corrected chi connectivity index (χ2v) is 3.75. The van der Waals surface area contributed by atoms with Crippen LogP contribution >= 0.6 is 0 Å². The molecule has 0 bridgehead atoms. The molecule has 0 unspecified atom stereocenters. The number of halogens is 1. The standard InChI is InChI=1S/C14H11FO3/c15-12-3-1-2-10(8-12)9-18-14(17)11-4-6-13(16)7-5-11/h1-8,16H,9H2. The number of benzene rings is 2. The topological polar surface area (TPSA) is 46.5 Å². The first-order valence-electron chi connectivity index (χ1n) is 5.36. The monoisotopic (exact) mass is 246 g/mol. The lowest BCUT2D eigenvalue weighted by Gasteiger charge is -2.05. The molecule has 2 rings (SSSR count). The van der Waals surface area contributed by atoms with E-state index in [0.29, 0.717) is 11.1 Å². The summed E-state index contributed by atoms with van der Waals surface area (Å²) in [6.07, 6.45) is 0. The zero-order valence-electron chi connectivity index (χ0n) is 9.47. The molecule has 0 saturated heterocycles. The highest BCUT2D eigenvalue weighted by atomic mass is 19.1.